The Bertz CT molecular complexity index is 1840. The van der Waals surface area contributed by atoms with E-state index in [0.29, 0.717) is 26.2 Å². The van der Waals surface area contributed by atoms with Crippen LogP contribution < -0.4 is 25.2 Å². The van der Waals surface area contributed by atoms with Crippen molar-refractivity contribution in [1.82, 2.24) is 0 Å². The molecule has 1 spiro atoms. The second-order valence-electron chi connectivity index (χ2n) is 10.5. The monoisotopic (exact) mass is 715 g/mol. The summed E-state index contributed by atoms with van der Waals surface area (Å²) in [6.45, 7) is 10.8. The molecule has 2 aliphatic heterocycles. The molecule has 6 rings (SSSR count). The normalized spacial score (nSPS) is 17.1. The standard InChI is InChI=1S/2C16H18N4O4.Co/c2*1-3-19(4-2)11-5-7-13(15(21)9-11)17-18-14-8-6-12(20(23)24)10-16(14)22;/h2*5-10,21-22H,3-4H2,1-2H3;/q;;+4/p-4. The molecule has 4 aromatic rings. The molecule has 0 saturated carbocycles. The number of nitro groups is 2. The van der Waals surface area contributed by atoms with Gasteiger partial charge >= 0.3 is 285 Å². The number of non-ortho nitro benzene ring substituents is 2. The van der Waals surface area contributed by atoms with Crippen molar-refractivity contribution in [3.8, 4) is 23.0 Å². The number of fused-ring (bicyclic) bond motifs is 4. The second-order valence-corrected chi connectivity index (χ2v) is 12.4. The van der Waals surface area contributed by atoms with Crippen LogP contribution in [-0.4, -0.2) is 36.0 Å². The van der Waals surface area contributed by atoms with Crippen LogP contribution in [0.2, 0.25) is 0 Å². The van der Waals surface area contributed by atoms with Crippen molar-refractivity contribution >= 4 is 45.5 Å². The third kappa shape index (κ3) is 6.79. The predicted octanol–water partition coefficient (Wildman–Crippen LogP) is 9.08. The van der Waals surface area contributed by atoms with E-state index in [2.05, 4.69) is 30.3 Å². The molecule has 2 aliphatic rings. The molecule has 0 fully saturated rings. The molecule has 49 heavy (non-hydrogen) atoms. The Hall–Kier alpha value is -5.81. The van der Waals surface area contributed by atoms with Crippen LogP contribution in [0.25, 0.3) is 0 Å². The fraction of sp³-hybridized carbons (Fsp3) is 0.250. The summed E-state index contributed by atoms with van der Waals surface area (Å²) in [5, 5.41) is 41.2. The van der Waals surface area contributed by atoms with Gasteiger partial charge in [0.05, 0.1) is 0 Å². The molecule has 17 heteroatoms. The van der Waals surface area contributed by atoms with Gasteiger partial charge in [0.15, 0.2) is 0 Å². The molecule has 0 aliphatic carbocycles. The molecule has 2 heterocycles. The van der Waals surface area contributed by atoms with E-state index in [-0.39, 0.29) is 57.1 Å². The number of nitro benzene ring substituents is 2. The maximum absolute atomic E-state index is 11.9. The van der Waals surface area contributed by atoms with Crippen molar-refractivity contribution in [3.05, 3.63) is 93.0 Å². The third-order valence-corrected chi connectivity index (χ3v) is 9.57. The molecule has 0 saturated heterocycles. The molecular weight excluding hydrogens is 683 g/mol. The Morgan fingerprint density at radius 3 is 1.14 bits per heavy atom. The molecule has 0 unspecified atom stereocenters. The van der Waals surface area contributed by atoms with Gasteiger partial charge in [-0.2, -0.15) is 0 Å². The van der Waals surface area contributed by atoms with Gasteiger partial charge in [0, 0.05) is 0 Å². The summed E-state index contributed by atoms with van der Waals surface area (Å²) in [6, 6.07) is 18.2. The molecule has 0 aromatic heterocycles. The van der Waals surface area contributed by atoms with Gasteiger partial charge in [-0.1, -0.05) is 0 Å². The molecule has 0 bridgehead atoms. The molecular formula is C32H32CoN8O8. The number of benzene rings is 4. The van der Waals surface area contributed by atoms with Gasteiger partial charge in [-0.25, -0.2) is 0 Å². The van der Waals surface area contributed by atoms with Crippen LogP contribution in [0, 0.1) is 20.2 Å². The van der Waals surface area contributed by atoms with Gasteiger partial charge in [0.1, 0.15) is 0 Å². The van der Waals surface area contributed by atoms with E-state index in [1.807, 2.05) is 39.8 Å². The molecule has 4 aromatic carbocycles. The number of hydrogen-bond acceptors (Lipinski definition) is 14. The molecule has 16 nitrogen and oxygen atoms in total. The van der Waals surface area contributed by atoms with E-state index in [1.165, 1.54) is 24.3 Å². The quantitative estimate of drug-likeness (QED) is 0.126. The van der Waals surface area contributed by atoms with Crippen LogP contribution in [0.3, 0.4) is 0 Å². The van der Waals surface area contributed by atoms with Crippen LogP contribution in [0.4, 0.5) is 45.5 Å². The summed E-state index contributed by atoms with van der Waals surface area (Å²) in [5.74, 6) is 0.0431. The van der Waals surface area contributed by atoms with Gasteiger partial charge in [-0.15, -0.1) is 0 Å². The van der Waals surface area contributed by atoms with E-state index < -0.39 is 23.8 Å². The first-order valence-electron chi connectivity index (χ1n) is 15.3. The van der Waals surface area contributed by atoms with E-state index in [9.17, 15) is 20.2 Å². The maximum atomic E-state index is 11.9. The van der Waals surface area contributed by atoms with Crippen LogP contribution >= 0.6 is 0 Å². The fourth-order valence-electron chi connectivity index (χ4n) is 5.02. The number of nitrogens with zero attached hydrogens (tertiary/aromatic N) is 8. The summed E-state index contributed by atoms with van der Waals surface area (Å²) in [7, 11) is 0. The Morgan fingerprint density at radius 2 is 0.837 bits per heavy atom. The third-order valence-electron chi connectivity index (χ3n) is 7.61. The Morgan fingerprint density at radius 1 is 0.531 bits per heavy atom. The first-order valence-corrected chi connectivity index (χ1v) is 17.0. The number of anilines is 2. The van der Waals surface area contributed by atoms with E-state index in [0.717, 1.165) is 23.5 Å². The van der Waals surface area contributed by atoms with Gasteiger partial charge in [0.2, 0.25) is 0 Å². The summed E-state index contributed by atoms with van der Waals surface area (Å²) < 4.78 is 26.3. The number of azo groups is 2. The van der Waals surface area contributed by atoms with Crippen molar-refractivity contribution in [2.75, 3.05) is 36.0 Å². The van der Waals surface area contributed by atoms with Crippen molar-refractivity contribution in [2.45, 2.75) is 27.7 Å². The van der Waals surface area contributed by atoms with Crippen molar-refractivity contribution in [2.24, 2.45) is 20.5 Å². The van der Waals surface area contributed by atoms with Gasteiger partial charge in [-0.3, -0.25) is 0 Å². The zero-order valence-corrected chi connectivity index (χ0v) is 28.0. The number of hydrogen-bond donors (Lipinski definition) is 0. The molecule has 0 atom stereocenters. The van der Waals surface area contributed by atoms with Gasteiger partial charge < -0.3 is 0 Å². The van der Waals surface area contributed by atoms with E-state index >= 15 is 0 Å². The zero-order chi connectivity index (χ0) is 34.7. The Labute approximate surface area is 284 Å². The summed E-state index contributed by atoms with van der Waals surface area (Å²) in [4.78, 5) is 26.7. The minimum absolute atomic E-state index is 0.117. The van der Waals surface area contributed by atoms with Crippen LogP contribution in [0.5, 0.6) is 23.0 Å². The topological polar surface area (TPSA) is 179 Å². The van der Waals surface area contributed by atoms with Crippen molar-refractivity contribution < 1.29 is 39.2 Å². The van der Waals surface area contributed by atoms with E-state index in [4.69, 9.17) is 15.4 Å². The SMILES string of the molecule is CCN(CC)c1ccc2c(c1)[O][Co]1([O]c3cc(N(CC)CC)ccc3N=Nc3ccc([N+](=O)[O-])cc3[O]1)[O]c1cc([N+](=O)[O-])ccc1N=N2. The van der Waals surface area contributed by atoms with Gasteiger partial charge in [0.25, 0.3) is 0 Å². The fourth-order valence-corrected chi connectivity index (χ4v) is 7.08. The molecule has 0 radical (unpaired) electrons. The average Bonchev–Trinajstić information content (AvgIpc) is 3.19. The minimum atomic E-state index is -4.34. The van der Waals surface area contributed by atoms with Crippen molar-refractivity contribution in [1.29, 1.82) is 0 Å². The summed E-state index contributed by atoms with van der Waals surface area (Å²) >= 11 is -4.34. The Kier molecular flexibility index (Phi) is 9.28. The van der Waals surface area contributed by atoms with Crippen LogP contribution in [0.15, 0.2) is 93.3 Å². The molecule has 0 amide bonds. The Balaban J connectivity index is 1.64. The van der Waals surface area contributed by atoms with E-state index in [1.54, 1.807) is 24.3 Å². The second kappa shape index (κ2) is 13.7. The first kappa shape index (κ1) is 33.1. The first-order chi connectivity index (χ1) is 23.6. The van der Waals surface area contributed by atoms with Crippen molar-refractivity contribution in [3.63, 3.8) is 0 Å². The van der Waals surface area contributed by atoms with Crippen LogP contribution in [0.1, 0.15) is 27.7 Å². The van der Waals surface area contributed by atoms with Crippen LogP contribution in [-0.2, 0) is 13.9 Å². The average molecular weight is 716 g/mol. The number of rotatable bonds is 8. The molecule has 0 N–H and O–H groups in total. The predicted molar refractivity (Wildman–Crippen MR) is 177 cm³/mol. The zero-order valence-electron chi connectivity index (χ0n) is 26.9. The van der Waals surface area contributed by atoms with Gasteiger partial charge in [-0.05, 0) is 0 Å². The summed E-state index contributed by atoms with van der Waals surface area (Å²) in [6.07, 6.45) is 0. The molecule has 257 valence electrons. The summed E-state index contributed by atoms with van der Waals surface area (Å²) in [5.41, 5.74) is 1.77.